The molecule has 0 saturated carbocycles. The van der Waals surface area contributed by atoms with Gasteiger partial charge in [-0.25, -0.2) is 4.57 Å². The Balaban J connectivity index is 4.27. The summed E-state index contributed by atoms with van der Waals surface area (Å²) in [6, 6.07) is 0. The average molecular weight is 719 g/mol. The van der Waals surface area contributed by atoms with Crippen LogP contribution in [0.5, 0.6) is 0 Å². The molecular weight excluding hydrogens is 637 g/mol. The van der Waals surface area contributed by atoms with E-state index in [1.807, 2.05) is 21.1 Å². The van der Waals surface area contributed by atoms with E-state index >= 15 is 0 Å². The van der Waals surface area contributed by atoms with Gasteiger partial charge in [0.15, 0.2) is 0 Å². The molecule has 0 amide bonds. The SMILES string of the molecule is CCCCCCC/C=C\CCCCCCCC(=O)OC(COCCCCCCCCCCCCCCC)COP(=O)(O)OCC[N+](C)(C)C. The molecule has 1 N–H and O–H groups in total. The zero-order chi connectivity index (χ0) is 36.3. The first kappa shape index (κ1) is 48.2. The van der Waals surface area contributed by atoms with Crippen molar-refractivity contribution in [2.24, 2.45) is 0 Å². The van der Waals surface area contributed by atoms with Gasteiger partial charge in [-0.15, -0.1) is 0 Å². The molecule has 0 spiro atoms. The molecule has 0 aliphatic heterocycles. The molecule has 2 unspecified atom stereocenters. The Kier molecular flexibility index (Phi) is 33.8. The Hall–Kier alpha value is -0.760. The summed E-state index contributed by atoms with van der Waals surface area (Å²) < 4.78 is 34.9. The number of likely N-dealkylation sites (N-methyl/N-ethyl adjacent to an activating group) is 1. The zero-order valence-corrected chi connectivity index (χ0v) is 33.8. The topological polar surface area (TPSA) is 91.3 Å². The molecule has 0 saturated heterocycles. The lowest BCUT2D eigenvalue weighted by atomic mass is 10.0. The molecule has 8 nitrogen and oxygen atoms in total. The van der Waals surface area contributed by atoms with Gasteiger partial charge in [-0.1, -0.05) is 148 Å². The summed E-state index contributed by atoms with van der Waals surface area (Å²) in [5.41, 5.74) is 0. The maximum absolute atomic E-state index is 12.6. The van der Waals surface area contributed by atoms with Crippen molar-refractivity contribution < 1.29 is 37.3 Å². The molecule has 49 heavy (non-hydrogen) atoms. The first-order chi connectivity index (χ1) is 23.6. The van der Waals surface area contributed by atoms with E-state index in [1.54, 1.807) is 0 Å². The van der Waals surface area contributed by atoms with E-state index in [1.165, 1.54) is 122 Å². The Bertz CT molecular complexity index is 802. The lowest BCUT2D eigenvalue weighted by molar-refractivity contribution is -0.870. The smallest absolute Gasteiger partial charge is 0.457 e. The van der Waals surface area contributed by atoms with Crippen molar-refractivity contribution in [3.63, 3.8) is 0 Å². The summed E-state index contributed by atoms with van der Waals surface area (Å²) in [6.45, 7) is 5.62. The quantitative estimate of drug-likeness (QED) is 0.0223. The normalized spacial score (nSPS) is 14.0. The fourth-order valence-electron chi connectivity index (χ4n) is 5.61. The van der Waals surface area contributed by atoms with Gasteiger partial charge in [0.05, 0.1) is 34.4 Å². The minimum atomic E-state index is -4.26. The third kappa shape index (κ3) is 38.3. The highest BCUT2D eigenvalue weighted by Gasteiger charge is 2.26. The van der Waals surface area contributed by atoms with Crippen LogP contribution in [0.3, 0.4) is 0 Å². The summed E-state index contributed by atoms with van der Waals surface area (Å²) in [5, 5.41) is 0. The van der Waals surface area contributed by atoms with Gasteiger partial charge in [0.2, 0.25) is 0 Å². The number of unbranched alkanes of at least 4 members (excludes halogenated alkanes) is 22. The number of carbonyl (C=O) groups excluding carboxylic acids is 1. The molecule has 0 radical (unpaired) electrons. The van der Waals surface area contributed by atoms with Gasteiger partial charge in [0.1, 0.15) is 19.3 Å². The number of esters is 1. The van der Waals surface area contributed by atoms with Crippen LogP contribution < -0.4 is 0 Å². The van der Waals surface area contributed by atoms with E-state index in [0.29, 0.717) is 24.1 Å². The zero-order valence-electron chi connectivity index (χ0n) is 32.9. The second kappa shape index (κ2) is 34.3. The highest BCUT2D eigenvalue weighted by molar-refractivity contribution is 7.47. The molecule has 0 heterocycles. The second-order valence-electron chi connectivity index (χ2n) is 15.0. The van der Waals surface area contributed by atoms with E-state index in [9.17, 15) is 14.3 Å². The van der Waals surface area contributed by atoms with Crippen LogP contribution in [-0.4, -0.2) is 75.6 Å². The van der Waals surface area contributed by atoms with Crippen LogP contribution in [0.25, 0.3) is 0 Å². The summed E-state index contributed by atoms with van der Waals surface area (Å²) >= 11 is 0. The minimum absolute atomic E-state index is 0.0900. The number of phosphoric acid groups is 1. The molecule has 0 aromatic rings. The number of nitrogens with zero attached hydrogens (tertiary/aromatic N) is 1. The highest BCUT2D eigenvalue weighted by Crippen LogP contribution is 2.43. The molecule has 9 heteroatoms. The summed E-state index contributed by atoms with van der Waals surface area (Å²) in [5.74, 6) is -0.321. The standard InChI is InChI=1S/C40H80NO7P/c1-6-8-10-12-14-16-18-20-21-23-25-27-29-31-33-40(42)48-39(38-47-49(43,44)46-36-34-41(3,4)5)37-45-35-32-30-28-26-24-22-19-17-15-13-11-9-7-2/h18,20,39H,6-17,19,21-38H2,1-5H3/p+1/b20-18-. The van der Waals surface area contributed by atoms with Gasteiger partial charge in [-0.2, -0.15) is 0 Å². The molecule has 0 bridgehead atoms. The molecule has 0 rings (SSSR count). The lowest BCUT2D eigenvalue weighted by Gasteiger charge is -2.24. The number of ether oxygens (including phenoxy) is 2. The fraction of sp³-hybridized carbons (Fsp3) is 0.925. The third-order valence-corrected chi connectivity index (χ3v) is 9.81. The van der Waals surface area contributed by atoms with Gasteiger partial charge in [-0.3, -0.25) is 13.8 Å². The molecule has 0 aliphatic rings. The van der Waals surface area contributed by atoms with Crippen molar-refractivity contribution in [2.75, 3.05) is 54.1 Å². The molecular formula is C40H81NO7P+. The molecule has 0 aromatic carbocycles. The van der Waals surface area contributed by atoms with Gasteiger partial charge in [0, 0.05) is 13.0 Å². The van der Waals surface area contributed by atoms with Crippen molar-refractivity contribution in [3.8, 4) is 0 Å². The third-order valence-electron chi connectivity index (χ3n) is 8.83. The van der Waals surface area contributed by atoms with E-state index in [2.05, 4.69) is 26.0 Å². The number of phosphoric ester groups is 1. The van der Waals surface area contributed by atoms with E-state index < -0.39 is 13.9 Å². The molecule has 2 atom stereocenters. The second-order valence-corrected chi connectivity index (χ2v) is 16.5. The summed E-state index contributed by atoms with van der Waals surface area (Å²) in [4.78, 5) is 22.8. The maximum Gasteiger partial charge on any atom is 0.472 e. The van der Waals surface area contributed by atoms with E-state index in [4.69, 9.17) is 18.5 Å². The van der Waals surface area contributed by atoms with Crippen LogP contribution in [0.4, 0.5) is 0 Å². The van der Waals surface area contributed by atoms with E-state index in [-0.39, 0.29) is 25.8 Å². The van der Waals surface area contributed by atoms with Gasteiger partial charge in [0.25, 0.3) is 0 Å². The number of allylic oxidation sites excluding steroid dienone is 2. The van der Waals surface area contributed by atoms with Crippen LogP contribution in [0.15, 0.2) is 12.2 Å². The van der Waals surface area contributed by atoms with Crippen molar-refractivity contribution in [3.05, 3.63) is 12.2 Å². The number of quaternary nitrogens is 1. The predicted molar refractivity (Wildman–Crippen MR) is 206 cm³/mol. The molecule has 0 aliphatic carbocycles. The first-order valence-electron chi connectivity index (χ1n) is 20.4. The Labute approximate surface area is 303 Å². The van der Waals surface area contributed by atoms with Crippen molar-refractivity contribution in [1.82, 2.24) is 0 Å². The largest absolute Gasteiger partial charge is 0.472 e. The minimum Gasteiger partial charge on any atom is -0.457 e. The van der Waals surface area contributed by atoms with Crippen molar-refractivity contribution in [2.45, 2.75) is 187 Å². The van der Waals surface area contributed by atoms with Crippen molar-refractivity contribution in [1.29, 1.82) is 0 Å². The van der Waals surface area contributed by atoms with Crippen LogP contribution >= 0.6 is 7.82 Å². The lowest BCUT2D eigenvalue weighted by Crippen LogP contribution is -2.37. The predicted octanol–water partition coefficient (Wildman–Crippen LogP) is 11.5. The first-order valence-corrected chi connectivity index (χ1v) is 21.9. The van der Waals surface area contributed by atoms with Crippen molar-refractivity contribution >= 4 is 13.8 Å². The van der Waals surface area contributed by atoms with Crippen LogP contribution in [-0.2, 0) is 27.9 Å². The average Bonchev–Trinajstić information content (AvgIpc) is 3.04. The Morgan fingerprint density at radius 1 is 0.612 bits per heavy atom. The Morgan fingerprint density at radius 2 is 1.06 bits per heavy atom. The summed E-state index contributed by atoms with van der Waals surface area (Å²) in [6.07, 6.45) is 35.1. The molecule has 292 valence electrons. The highest BCUT2D eigenvalue weighted by atomic mass is 31.2. The van der Waals surface area contributed by atoms with E-state index in [0.717, 1.165) is 38.5 Å². The fourth-order valence-corrected chi connectivity index (χ4v) is 6.35. The van der Waals surface area contributed by atoms with Crippen LogP contribution in [0, 0.1) is 0 Å². The molecule has 0 fully saturated rings. The van der Waals surface area contributed by atoms with Gasteiger partial charge >= 0.3 is 13.8 Å². The number of rotatable bonds is 38. The van der Waals surface area contributed by atoms with Crippen LogP contribution in [0.2, 0.25) is 0 Å². The van der Waals surface area contributed by atoms with Crippen LogP contribution in [0.1, 0.15) is 181 Å². The number of carbonyl (C=O) groups is 1. The van der Waals surface area contributed by atoms with Gasteiger partial charge < -0.3 is 18.9 Å². The number of hydrogen-bond acceptors (Lipinski definition) is 6. The molecule has 0 aromatic heterocycles. The van der Waals surface area contributed by atoms with Gasteiger partial charge in [-0.05, 0) is 38.5 Å². The maximum atomic E-state index is 12.6. The number of hydrogen-bond donors (Lipinski definition) is 1. The monoisotopic (exact) mass is 719 g/mol. The summed E-state index contributed by atoms with van der Waals surface area (Å²) in [7, 11) is 1.67. The Morgan fingerprint density at radius 3 is 1.55 bits per heavy atom.